The molecule has 0 radical (unpaired) electrons. The Balaban J connectivity index is 3.57. The number of nitrogens with zero attached hydrogens (tertiary/aromatic N) is 1. The Morgan fingerprint density at radius 3 is 2.38 bits per heavy atom. The lowest BCUT2D eigenvalue weighted by molar-refractivity contribution is 0.209. The average molecular weight is 186 g/mol. The molecule has 13 heavy (non-hydrogen) atoms. The first-order valence-corrected chi connectivity index (χ1v) is 5.70. The van der Waals surface area contributed by atoms with Crippen LogP contribution < -0.4 is 5.32 Å². The third kappa shape index (κ3) is 6.05. The molecule has 1 atom stereocenters. The fraction of sp³-hybridized carbons (Fsp3) is 1.00. The van der Waals surface area contributed by atoms with E-state index in [1.54, 1.807) is 0 Å². The van der Waals surface area contributed by atoms with E-state index in [4.69, 9.17) is 0 Å². The zero-order valence-electron chi connectivity index (χ0n) is 9.77. The Morgan fingerprint density at radius 1 is 1.23 bits per heavy atom. The molecule has 0 spiro atoms. The monoisotopic (exact) mass is 186 g/mol. The molecule has 0 aromatic heterocycles. The average Bonchev–Trinajstić information content (AvgIpc) is 2.14. The summed E-state index contributed by atoms with van der Waals surface area (Å²) in [4.78, 5) is 2.55. The molecule has 0 amide bonds. The van der Waals surface area contributed by atoms with Crippen LogP contribution in [0.3, 0.4) is 0 Å². The van der Waals surface area contributed by atoms with E-state index in [0.29, 0.717) is 0 Å². The van der Waals surface area contributed by atoms with Crippen LogP contribution in [0.1, 0.15) is 40.5 Å². The summed E-state index contributed by atoms with van der Waals surface area (Å²) in [6.07, 6.45) is 2.53. The molecule has 0 rings (SSSR count). The Morgan fingerprint density at radius 2 is 1.92 bits per heavy atom. The van der Waals surface area contributed by atoms with E-state index in [-0.39, 0.29) is 0 Å². The predicted octanol–water partition coefficient (Wildman–Crippen LogP) is 2.11. The fourth-order valence-corrected chi connectivity index (χ4v) is 1.65. The first-order chi connectivity index (χ1) is 6.26. The third-order valence-electron chi connectivity index (χ3n) is 2.53. The first kappa shape index (κ1) is 12.9. The van der Waals surface area contributed by atoms with Crippen molar-refractivity contribution in [3.8, 4) is 0 Å². The van der Waals surface area contributed by atoms with Crippen LogP contribution in [-0.2, 0) is 0 Å². The molecule has 0 fully saturated rings. The molecule has 0 aliphatic heterocycles. The van der Waals surface area contributed by atoms with Crippen molar-refractivity contribution in [2.75, 3.05) is 26.2 Å². The van der Waals surface area contributed by atoms with Crippen molar-refractivity contribution in [3.63, 3.8) is 0 Å². The topological polar surface area (TPSA) is 15.3 Å². The highest BCUT2D eigenvalue weighted by molar-refractivity contribution is 4.66. The van der Waals surface area contributed by atoms with Crippen LogP contribution in [0.15, 0.2) is 0 Å². The van der Waals surface area contributed by atoms with Crippen LogP contribution in [0.2, 0.25) is 0 Å². The zero-order chi connectivity index (χ0) is 10.1. The van der Waals surface area contributed by atoms with E-state index < -0.39 is 0 Å². The maximum Gasteiger partial charge on any atom is 0.00788 e. The summed E-state index contributed by atoms with van der Waals surface area (Å²) in [6, 6.07) is 0.726. The SMILES string of the molecule is CCCN(CC)C(C)CCNCC. The molecule has 0 aliphatic rings. The Kier molecular flexibility index (Phi) is 8.46. The molecule has 1 unspecified atom stereocenters. The van der Waals surface area contributed by atoms with Gasteiger partial charge in [-0.2, -0.15) is 0 Å². The molecule has 0 aliphatic carbocycles. The maximum absolute atomic E-state index is 3.37. The van der Waals surface area contributed by atoms with Gasteiger partial charge in [0.05, 0.1) is 0 Å². The second kappa shape index (κ2) is 8.52. The molecule has 2 nitrogen and oxygen atoms in total. The summed E-state index contributed by atoms with van der Waals surface area (Å²) < 4.78 is 0. The Bertz CT molecular complexity index is 104. The lowest BCUT2D eigenvalue weighted by atomic mass is 10.2. The normalized spacial score (nSPS) is 13.6. The van der Waals surface area contributed by atoms with E-state index in [1.807, 2.05) is 0 Å². The highest BCUT2D eigenvalue weighted by Crippen LogP contribution is 2.03. The largest absolute Gasteiger partial charge is 0.317 e. The van der Waals surface area contributed by atoms with Gasteiger partial charge in [-0.15, -0.1) is 0 Å². The van der Waals surface area contributed by atoms with Gasteiger partial charge in [0.1, 0.15) is 0 Å². The maximum atomic E-state index is 3.37. The lowest BCUT2D eigenvalue weighted by Crippen LogP contribution is -2.35. The minimum absolute atomic E-state index is 0.726. The van der Waals surface area contributed by atoms with E-state index >= 15 is 0 Å². The van der Waals surface area contributed by atoms with Crippen LogP contribution in [0.25, 0.3) is 0 Å². The summed E-state index contributed by atoms with van der Waals surface area (Å²) in [5.41, 5.74) is 0. The van der Waals surface area contributed by atoms with Crippen molar-refractivity contribution in [3.05, 3.63) is 0 Å². The number of hydrogen-bond donors (Lipinski definition) is 1. The minimum Gasteiger partial charge on any atom is -0.317 e. The standard InChI is InChI=1S/C11H26N2/c1-5-10-13(7-3)11(4)8-9-12-6-2/h11-12H,5-10H2,1-4H3. The molecule has 0 bridgehead atoms. The second-order valence-electron chi connectivity index (χ2n) is 3.62. The molecule has 80 valence electrons. The quantitative estimate of drug-likeness (QED) is 0.584. The van der Waals surface area contributed by atoms with E-state index in [2.05, 4.69) is 37.9 Å². The molecule has 0 saturated carbocycles. The smallest absolute Gasteiger partial charge is 0.00788 e. The van der Waals surface area contributed by atoms with Crippen molar-refractivity contribution in [1.29, 1.82) is 0 Å². The minimum atomic E-state index is 0.726. The number of rotatable bonds is 8. The third-order valence-corrected chi connectivity index (χ3v) is 2.53. The first-order valence-electron chi connectivity index (χ1n) is 5.70. The Hall–Kier alpha value is -0.0800. The zero-order valence-corrected chi connectivity index (χ0v) is 9.77. The molecule has 2 heteroatoms. The summed E-state index contributed by atoms with van der Waals surface area (Å²) >= 11 is 0. The molecular formula is C11H26N2. The van der Waals surface area contributed by atoms with Gasteiger partial charge in [0, 0.05) is 6.04 Å². The van der Waals surface area contributed by atoms with Crippen LogP contribution in [-0.4, -0.2) is 37.1 Å². The lowest BCUT2D eigenvalue weighted by Gasteiger charge is -2.27. The highest BCUT2D eigenvalue weighted by atomic mass is 15.1. The molecule has 0 aromatic carbocycles. The number of nitrogens with one attached hydrogen (secondary N) is 1. The van der Waals surface area contributed by atoms with Crippen LogP contribution in [0, 0.1) is 0 Å². The summed E-state index contributed by atoms with van der Waals surface area (Å²) in [7, 11) is 0. The molecule has 1 N–H and O–H groups in total. The van der Waals surface area contributed by atoms with Crippen molar-refractivity contribution in [2.24, 2.45) is 0 Å². The van der Waals surface area contributed by atoms with Crippen LogP contribution in [0.4, 0.5) is 0 Å². The van der Waals surface area contributed by atoms with Gasteiger partial charge in [0.2, 0.25) is 0 Å². The van der Waals surface area contributed by atoms with Gasteiger partial charge in [0.15, 0.2) is 0 Å². The number of hydrogen-bond acceptors (Lipinski definition) is 2. The molecular weight excluding hydrogens is 160 g/mol. The van der Waals surface area contributed by atoms with E-state index in [0.717, 1.165) is 19.1 Å². The molecule has 0 heterocycles. The van der Waals surface area contributed by atoms with Crippen LogP contribution in [0.5, 0.6) is 0 Å². The van der Waals surface area contributed by atoms with Crippen LogP contribution >= 0.6 is 0 Å². The fourth-order valence-electron chi connectivity index (χ4n) is 1.65. The Labute approximate surface area is 83.7 Å². The van der Waals surface area contributed by atoms with E-state index in [9.17, 15) is 0 Å². The van der Waals surface area contributed by atoms with E-state index in [1.165, 1.54) is 25.9 Å². The van der Waals surface area contributed by atoms with Crippen molar-refractivity contribution >= 4 is 0 Å². The molecule has 0 aromatic rings. The van der Waals surface area contributed by atoms with Crippen molar-refractivity contribution in [1.82, 2.24) is 10.2 Å². The van der Waals surface area contributed by atoms with Gasteiger partial charge < -0.3 is 10.2 Å². The second-order valence-corrected chi connectivity index (χ2v) is 3.62. The summed E-state index contributed by atoms with van der Waals surface area (Å²) in [5.74, 6) is 0. The predicted molar refractivity (Wildman–Crippen MR) is 60.2 cm³/mol. The molecule has 0 saturated heterocycles. The summed E-state index contributed by atoms with van der Waals surface area (Å²) in [5, 5.41) is 3.37. The van der Waals surface area contributed by atoms with Crippen molar-refractivity contribution < 1.29 is 0 Å². The van der Waals surface area contributed by atoms with Gasteiger partial charge in [-0.1, -0.05) is 20.8 Å². The highest BCUT2D eigenvalue weighted by Gasteiger charge is 2.09. The van der Waals surface area contributed by atoms with Gasteiger partial charge >= 0.3 is 0 Å². The van der Waals surface area contributed by atoms with Gasteiger partial charge in [-0.05, 0) is 45.9 Å². The van der Waals surface area contributed by atoms with Crippen molar-refractivity contribution in [2.45, 2.75) is 46.6 Å². The van der Waals surface area contributed by atoms with Gasteiger partial charge in [0.25, 0.3) is 0 Å². The van der Waals surface area contributed by atoms with Gasteiger partial charge in [-0.3, -0.25) is 0 Å². The van der Waals surface area contributed by atoms with Gasteiger partial charge in [-0.25, -0.2) is 0 Å². The summed E-state index contributed by atoms with van der Waals surface area (Å²) in [6.45, 7) is 13.7.